The molecule has 1 N–H and O–H groups in total. The third kappa shape index (κ3) is 2.31. The molecule has 3 nitrogen and oxygen atoms in total. The molecule has 16 heavy (non-hydrogen) atoms. The van der Waals surface area contributed by atoms with Crippen LogP contribution in [-0.4, -0.2) is 26.5 Å². The highest BCUT2D eigenvalue weighted by molar-refractivity contribution is 7.92. The monoisotopic (exact) mass is 261 g/mol. The van der Waals surface area contributed by atoms with Crippen molar-refractivity contribution >= 4 is 21.2 Å². The first-order chi connectivity index (χ1) is 7.21. The van der Waals surface area contributed by atoms with Gasteiger partial charge < -0.3 is 5.32 Å². The van der Waals surface area contributed by atoms with Gasteiger partial charge in [0.1, 0.15) is 0 Å². The predicted octanol–water partition coefficient (Wildman–Crippen LogP) is 2.14. The summed E-state index contributed by atoms with van der Waals surface area (Å²) in [6, 6.07) is 1.85. The zero-order valence-electron chi connectivity index (χ0n) is 10.4. The fourth-order valence-electron chi connectivity index (χ4n) is 1.69. The van der Waals surface area contributed by atoms with E-state index in [0.717, 1.165) is 10.4 Å². The fourth-order valence-corrected chi connectivity index (χ4v) is 3.65. The van der Waals surface area contributed by atoms with E-state index in [0.29, 0.717) is 0 Å². The number of hydrogen-bond donors (Lipinski definition) is 1. The maximum absolute atomic E-state index is 11.8. The van der Waals surface area contributed by atoms with Crippen LogP contribution in [0, 0.1) is 6.92 Å². The number of sulfone groups is 1. The third-order valence-corrected chi connectivity index (χ3v) is 6.33. The molecule has 0 amide bonds. The summed E-state index contributed by atoms with van der Waals surface area (Å²) in [4.78, 5) is 1.10. The van der Waals surface area contributed by atoms with Gasteiger partial charge in [0.25, 0.3) is 0 Å². The van der Waals surface area contributed by atoms with E-state index in [4.69, 9.17) is 0 Å². The highest BCUT2D eigenvalue weighted by atomic mass is 32.2. The molecule has 1 unspecified atom stereocenters. The van der Waals surface area contributed by atoms with Crippen molar-refractivity contribution < 1.29 is 8.42 Å². The Bertz CT molecular complexity index is 460. The quantitative estimate of drug-likeness (QED) is 0.903. The van der Waals surface area contributed by atoms with Crippen LogP contribution in [0.15, 0.2) is 11.4 Å². The molecule has 0 bridgehead atoms. The summed E-state index contributed by atoms with van der Waals surface area (Å²) in [5.41, 5.74) is 1.14. The molecule has 0 saturated carbocycles. The van der Waals surface area contributed by atoms with Gasteiger partial charge in [0.2, 0.25) is 0 Å². The van der Waals surface area contributed by atoms with Gasteiger partial charge >= 0.3 is 0 Å². The third-order valence-electron chi connectivity index (χ3n) is 3.10. The van der Waals surface area contributed by atoms with Crippen LogP contribution in [0.2, 0.25) is 0 Å². The van der Waals surface area contributed by atoms with E-state index in [1.807, 2.05) is 18.4 Å². The van der Waals surface area contributed by atoms with Crippen LogP contribution in [0.1, 0.15) is 30.3 Å². The van der Waals surface area contributed by atoms with Gasteiger partial charge in [0, 0.05) is 11.1 Å². The van der Waals surface area contributed by atoms with Crippen LogP contribution in [0.5, 0.6) is 0 Å². The Balaban J connectivity index is 3.24. The van der Waals surface area contributed by atoms with Crippen molar-refractivity contribution in [1.29, 1.82) is 0 Å². The number of thiophene rings is 1. The Hall–Kier alpha value is -0.390. The van der Waals surface area contributed by atoms with Crippen LogP contribution in [-0.2, 0) is 9.84 Å². The van der Waals surface area contributed by atoms with Crippen molar-refractivity contribution in [2.45, 2.75) is 31.6 Å². The first-order valence-electron chi connectivity index (χ1n) is 5.12. The molecule has 0 aliphatic heterocycles. The maximum Gasteiger partial charge on any atom is 0.154 e. The lowest BCUT2D eigenvalue weighted by atomic mass is 9.99. The molecule has 1 aromatic rings. The first-order valence-corrected chi connectivity index (χ1v) is 7.89. The molecule has 0 fully saturated rings. The van der Waals surface area contributed by atoms with Crippen molar-refractivity contribution in [2.75, 3.05) is 13.3 Å². The second-order valence-corrected chi connectivity index (χ2v) is 8.11. The molecule has 0 saturated heterocycles. The molecule has 1 atom stereocenters. The maximum atomic E-state index is 11.8. The molecule has 1 aromatic heterocycles. The summed E-state index contributed by atoms with van der Waals surface area (Å²) in [7, 11) is -1.31. The summed E-state index contributed by atoms with van der Waals surface area (Å²) in [5, 5.41) is 5.12. The highest BCUT2D eigenvalue weighted by Crippen LogP contribution is 2.36. The second-order valence-electron chi connectivity index (χ2n) is 4.57. The van der Waals surface area contributed by atoms with E-state index in [2.05, 4.69) is 5.32 Å². The normalized spacial score (nSPS) is 15.1. The van der Waals surface area contributed by atoms with Gasteiger partial charge in [-0.05, 0) is 44.8 Å². The second kappa shape index (κ2) is 4.47. The molecule has 0 aliphatic carbocycles. The molecule has 5 heteroatoms. The molecular weight excluding hydrogens is 242 g/mol. The summed E-state index contributed by atoms with van der Waals surface area (Å²) >= 11 is 1.60. The van der Waals surface area contributed by atoms with Gasteiger partial charge in [-0.3, -0.25) is 0 Å². The Morgan fingerprint density at radius 3 is 2.31 bits per heavy atom. The molecule has 0 radical (unpaired) electrons. The molecule has 1 rings (SSSR count). The van der Waals surface area contributed by atoms with Crippen molar-refractivity contribution in [3.63, 3.8) is 0 Å². The largest absolute Gasteiger partial charge is 0.311 e. The van der Waals surface area contributed by atoms with Gasteiger partial charge in [-0.2, -0.15) is 0 Å². The summed E-state index contributed by atoms with van der Waals surface area (Å²) in [6.45, 7) is 5.54. The molecule has 1 heterocycles. The zero-order valence-corrected chi connectivity index (χ0v) is 12.0. The Morgan fingerprint density at radius 1 is 1.44 bits per heavy atom. The number of hydrogen-bond acceptors (Lipinski definition) is 4. The Kier molecular flexibility index (Phi) is 3.82. The molecule has 0 aromatic carbocycles. The van der Waals surface area contributed by atoms with E-state index in [1.54, 1.807) is 32.2 Å². The van der Waals surface area contributed by atoms with Crippen molar-refractivity contribution in [3.8, 4) is 0 Å². The van der Waals surface area contributed by atoms with E-state index < -0.39 is 14.6 Å². The van der Waals surface area contributed by atoms with Crippen LogP contribution in [0.25, 0.3) is 0 Å². The lowest BCUT2D eigenvalue weighted by Gasteiger charge is -2.32. The van der Waals surface area contributed by atoms with Gasteiger partial charge in [-0.25, -0.2) is 8.42 Å². The predicted molar refractivity (Wildman–Crippen MR) is 69.8 cm³/mol. The average Bonchev–Trinajstić information content (AvgIpc) is 2.51. The van der Waals surface area contributed by atoms with E-state index in [1.165, 1.54) is 6.26 Å². The van der Waals surface area contributed by atoms with Crippen molar-refractivity contribution in [3.05, 3.63) is 21.9 Å². The van der Waals surface area contributed by atoms with Crippen molar-refractivity contribution in [1.82, 2.24) is 5.32 Å². The van der Waals surface area contributed by atoms with Gasteiger partial charge in [0.15, 0.2) is 9.84 Å². The molecule has 0 aliphatic rings. The Labute approximate surface area is 102 Å². The van der Waals surface area contributed by atoms with Gasteiger partial charge in [-0.1, -0.05) is 0 Å². The minimum absolute atomic E-state index is 0.164. The van der Waals surface area contributed by atoms with Gasteiger partial charge in [0.05, 0.1) is 10.8 Å². The van der Waals surface area contributed by atoms with Crippen molar-refractivity contribution in [2.24, 2.45) is 0 Å². The lowest BCUT2D eigenvalue weighted by molar-refractivity contribution is 0.450. The molecule has 92 valence electrons. The highest BCUT2D eigenvalue weighted by Gasteiger charge is 2.40. The van der Waals surface area contributed by atoms with Crippen LogP contribution >= 0.6 is 11.3 Å². The number of rotatable bonds is 4. The first kappa shape index (κ1) is 13.7. The zero-order chi connectivity index (χ0) is 12.6. The molecular formula is C11H19NO2S2. The van der Waals surface area contributed by atoms with E-state index in [9.17, 15) is 8.42 Å². The Morgan fingerprint density at radius 2 is 2.00 bits per heavy atom. The van der Waals surface area contributed by atoms with Gasteiger partial charge in [-0.15, -0.1) is 11.3 Å². The standard InChI is InChI=1S/C11H19NO2S2/c1-8-6-7-15-9(8)10(12-4)11(2,3)16(5,13)14/h6-7,10,12H,1-5H3. The van der Waals surface area contributed by atoms with Crippen LogP contribution in [0.4, 0.5) is 0 Å². The summed E-state index contributed by atoms with van der Waals surface area (Å²) in [5.74, 6) is 0. The molecule has 0 spiro atoms. The summed E-state index contributed by atoms with van der Waals surface area (Å²) < 4.78 is 22.8. The van der Waals surface area contributed by atoms with Crippen LogP contribution < -0.4 is 5.32 Å². The average molecular weight is 261 g/mol. The van der Waals surface area contributed by atoms with Crippen LogP contribution in [0.3, 0.4) is 0 Å². The number of nitrogens with one attached hydrogen (secondary N) is 1. The topological polar surface area (TPSA) is 46.2 Å². The SMILES string of the molecule is CNC(c1sccc1C)C(C)(C)S(C)(=O)=O. The van der Waals surface area contributed by atoms with E-state index >= 15 is 0 Å². The lowest BCUT2D eigenvalue weighted by Crippen LogP contribution is -2.43. The summed E-state index contributed by atoms with van der Waals surface area (Å²) in [6.07, 6.45) is 1.29. The smallest absolute Gasteiger partial charge is 0.154 e. The minimum atomic E-state index is -3.11. The van der Waals surface area contributed by atoms with E-state index in [-0.39, 0.29) is 6.04 Å². The number of aryl methyl sites for hydroxylation is 1. The minimum Gasteiger partial charge on any atom is -0.311 e. The fraction of sp³-hybridized carbons (Fsp3) is 0.636.